The minimum atomic E-state index is -0.722. The summed E-state index contributed by atoms with van der Waals surface area (Å²) in [5, 5.41) is 18.1. The van der Waals surface area contributed by atoms with E-state index >= 15 is 0 Å². The average Bonchev–Trinajstić information content (AvgIpc) is 3.28. The molecule has 0 bridgehead atoms. The third-order valence-corrected chi connectivity index (χ3v) is 5.94. The highest BCUT2D eigenvalue weighted by Gasteiger charge is 2.21. The molecule has 1 aromatic heterocycles. The largest absolute Gasteiger partial charge is 0.353 e. The van der Waals surface area contributed by atoms with Crippen LogP contribution in [0.5, 0.6) is 0 Å². The molecule has 1 heterocycles. The van der Waals surface area contributed by atoms with Gasteiger partial charge in [0.05, 0.1) is 17.7 Å². The molecule has 2 aromatic carbocycles. The monoisotopic (exact) mass is 461 g/mol. The first-order chi connectivity index (χ1) is 15.6. The molecule has 0 saturated carbocycles. The molecule has 3 aromatic rings. The smallest absolute Gasteiger partial charge is 0.280 e. The summed E-state index contributed by atoms with van der Waals surface area (Å²) in [4.78, 5) is 41.3. The van der Waals surface area contributed by atoms with Crippen molar-refractivity contribution < 1.29 is 14.4 Å². The minimum Gasteiger partial charge on any atom is -0.353 e. The van der Waals surface area contributed by atoms with Crippen LogP contribution in [0.2, 0.25) is 0 Å². The van der Waals surface area contributed by atoms with Crippen molar-refractivity contribution in [3.63, 3.8) is 0 Å². The van der Waals surface area contributed by atoms with Gasteiger partial charge in [-0.05, 0) is 56.2 Å². The van der Waals surface area contributed by atoms with E-state index in [1.54, 1.807) is 57.2 Å². The quantitative estimate of drug-likeness (QED) is 0.509. The zero-order valence-electron chi connectivity index (χ0n) is 18.6. The van der Waals surface area contributed by atoms with E-state index in [1.807, 2.05) is 6.07 Å². The molecule has 0 spiro atoms. The number of anilines is 2. The number of hydrogen-bond acceptors (Lipinski definition) is 6. The fourth-order valence-electron chi connectivity index (χ4n) is 2.98. The van der Waals surface area contributed by atoms with E-state index in [9.17, 15) is 19.6 Å². The molecule has 0 radical (unpaired) electrons. The van der Waals surface area contributed by atoms with E-state index in [4.69, 9.17) is 0 Å². The number of nitrogens with one attached hydrogen (secondary N) is 3. The summed E-state index contributed by atoms with van der Waals surface area (Å²) < 4.78 is 0. The molecule has 0 aliphatic carbocycles. The van der Waals surface area contributed by atoms with Crippen LogP contribution in [0.15, 0.2) is 48.7 Å². The van der Waals surface area contributed by atoms with E-state index in [1.165, 1.54) is 13.2 Å². The number of nitrogens with zero attached hydrogens (tertiary/aromatic N) is 2. The van der Waals surface area contributed by atoms with Gasteiger partial charge >= 0.3 is 0 Å². The highest BCUT2D eigenvalue weighted by Crippen LogP contribution is 2.24. The normalized spacial score (nSPS) is 10.8. The van der Waals surface area contributed by atoms with Gasteiger partial charge in [0.2, 0.25) is 0 Å². The molecule has 33 heavy (non-hydrogen) atoms. The Balaban J connectivity index is 1.78. The van der Waals surface area contributed by atoms with Gasteiger partial charge in [-0.3, -0.25) is 14.4 Å². The zero-order chi connectivity index (χ0) is 24.2. The third kappa shape index (κ3) is 5.42. The van der Waals surface area contributed by atoms with Gasteiger partial charge in [-0.1, -0.05) is 29.5 Å². The van der Waals surface area contributed by atoms with E-state index < -0.39 is 5.41 Å². The summed E-state index contributed by atoms with van der Waals surface area (Å²) in [6, 6.07) is 14.2. The van der Waals surface area contributed by atoms with Crippen molar-refractivity contribution in [1.29, 1.82) is 5.26 Å². The van der Waals surface area contributed by atoms with E-state index in [-0.39, 0.29) is 22.7 Å². The molecule has 3 N–H and O–H groups in total. The second-order valence-electron chi connectivity index (χ2n) is 7.86. The summed E-state index contributed by atoms with van der Waals surface area (Å²) in [6.45, 7) is 5.36. The first-order valence-corrected chi connectivity index (χ1v) is 10.9. The molecule has 0 unspecified atom stereocenters. The van der Waals surface area contributed by atoms with E-state index in [2.05, 4.69) is 27.0 Å². The second kappa shape index (κ2) is 9.63. The zero-order valence-corrected chi connectivity index (χ0v) is 19.5. The van der Waals surface area contributed by atoms with Crippen molar-refractivity contribution in [2.45, 2.75) is 26.2 Å². The summed E-state index contributed by atoms with van der Waals surface area (Å²) >= 11 is 1.06. The van der Waals surface area contributed by atoms with Crippen LogP contribution in [0.4, 0.5) is 10.7 Å². The maximum absolute atomic E-state index is 12.8. The Morgan fingerprint density at radius 1 is 1.03 bits per heavy atom. The fraction of sp³-hybridized carbons (Fsp3) is 0.208. The lowest BCUT2D eigenvalue weighted by atomic mass is 9.85. The summed E-state index contributed by atoms with van der Waals surface area (Å²) in [5.74, 6) is -1.06. The third-order valence-electron chi connectivity index (χ3n) is 5.03. The van der Waals surface area contributed by atoms with Crippen LogP contribution in [-0.2, 0) is 5.41 Å². The molecule has 0 fully saturated rings. The number of hydrogen-bond donors (Lipinski definition) is 3. The van der Waals surface area contributed by atoms with Crippen molar-refractivity contribution in [1.82, 2.24) is 10.3 Å². The number of amides is 3. The Labute approximate surface area is 195 Å². The summed E-state index contributed by atoms with van der Waals surface area (Å²) in [6.07, 6.45) is 1.42. The van der Waals surface area contributed by atoms with Crippen molar-refractivity contribution in [3.8, 4) is 6.07 Å². The van der Waals surface area contributed by atoms with E-state index in [0.717, 1.165) is 22.5 Å². The Bertz CT molecular complexity index is 1270. The summed E-state index contributed by atoms with van der Waals surface area (Å²) in [5.41, 5.74) is 1.98. The second-order valence-corrected chi connectivity index (χ2v) is 8.89. The van der Waals surface area contributed by atoms with Crippen LogP contribution in [0.3, 0.4) is 0 Å². The van der Waals surface area contributed by atoms with Crippen LogP contribution < -0.4 is 16.0 Å². The first kappa shape index (κ1) is 23.6. The Kier molecular flexibility index (Phi) is 6.89. The molecule has 9 heteroatoms. The van der Waals surface area contributed by atoms with Crippen molar-refractivity contribution in [3.05, 3.63) is 75.9 Å². The van der Waals surface area contributed by atoms with Gasteiger partial charge in [-0.25, -0.2) is 4.98 Å². The van der Waals surface area contributed by atoms with Crippen LogP contribution in [0, 0.1) is 18.3 Å². The molecule has 0 aliphatic heterocycles. The average molecular weight is 462 g/mol. The van der Waals surface area contributed by atoms with Crippen molar-refractivity contribution >= 4 is 39.7 Å². The number of benzene rings is 2. The van der Waals surface area contributed by atoms with Crippen molar-refractivity contribution in [2.75, 3.05) is 17.7 Å². The number of aryl methyl sites for hydroxylation is 1. The van der Waals surface area contributed by atoms with Crippen LogP contribution in [0.1, 0.15) is 55.5 Å². The Hall–Kier alpha value is -4.03. The molecular formula is C24H23N5O3S. The molecule has 0 aliphatic rings. The molecule has 3 amide bonds. The fourth-order valence-corrected chi connectivity index (χ4v) is 3.74. The molecule has 8 nitrogen and oxygen atoms in total. The predicted octanol–water partition coefficient (Wildman–Crippen LogP) is 4.12. The van der Waals surface area contributed by atoms with Gasteiger partial charge < -0.3 is 16.0 Å². The maximum atomic E-state index is 12.8. The molecule has 0 saturated heterocycles. The Morgan fingerprint density at radius 3 is 2.48 bits per heavy atom. The number of thiazole rings is 1. The lowest BCUT2D eigenvalue weighted by molar-refractivity contribution is 0.0961. The van der Waals surface area contributed by atoms with Gasteiger partial charge in [0.1, 0.15) is 5.00 Å². The van der Waals surface area contributed by atoms with Gasteiger partial charge in [0, 0.05) is 23.9 Å². The maximum Gasteiger partial charge on any atom is 0.280 e. The number of carbonyl (C=O) groups excluding carboxylic acids is 3. The van der Waals surface area contributed by atoms with Gasteiger partial charge in [0.15, 0.2) is 5.01 Å². The van der Waals surface area contributed by atoms with Gasteiger partial charge in [-0.15, -0.1) is 0 Å². The topological polar surface area (TPSA) is 124 Å². The SMILES string of the molecule is CNC(=O)c1ncc(NC(=O)c2cc(NC(=O)c3cccc(C(C)(C)C#N)c3)ccc2C)s1. The number of aromatic nitrogens is 1. The van der Waals surface area contributed by atoms with Crippen LogP contribution in [-0.4, -0.2) is 29.8 Å². The van der Waals surface area contributed by atoms with Gasteiger partial charge in [0.25, 0.3) is 17.7 Å². The first-order valence-electron chi connectivity index (χ1n) is 10.1. The highest BCUT2D eigenvalue weighted by molar-refractivity contribution is 7.17. The predicted molar refractivity (Wildman–Crippen MR) is 128 cm³/mol. The van der Waals surface area contributed by atoms with E-state index in [0.29, 0.717) is 21.8 Å². The molecular weight excluding hydrogens is 438 g/mol. The van der Waals surface area contributed by atoms with Gasteiger partial charge in [-0.2, -0.15) is 5.26 Å². The Morgan fingerprint density at radius 2 is 1.79 bits per heavy atom. The highest BCUT2D eigenvalue weighted by atomic mass is 32.1. The lowest BCUT2D eigenvalue weighted by Crippen LogP contribution is -2.18. The minimum absolute atomic E-state index is 0.243. The standard InChI is InChI=1S/C24H23N5O3S/c1-14-8-9-17(28-20(30)15-6-5-7-16(10-15)24(2,3)13-25)11-18(14)21(31)29-19-12-27-23(33-19)22(32)26-4/h5-12H,1-4H3,(H,26,32)(H,28,30)(H,29,31). The van der Waals surface area contributed by atoms with Crippen molar-refractivity contribution in [2.24, 2.45) is 0 Å². The number of carbonyl (C=O) groups is 3. The number of nitriles is 1. The molecule has 168 valence electrons. The molecule has 3 rings (SSSR count). The van der Waals surface area contributed by atoms with Crippen LogP contribution >= 0.6 is 11.3 Å². The van der Waals surface area contributed by atoms with Crippen LogP contribution in [0.25, 0.3) is 0 Å². The summed E-state index contributed by atoms with van der Waals surface area (Å²) in [7, 11) is 1.51. The number of rotatable bonds is 6. The lowest BCUT2D eigenvalue weighted by Gasteiger charge is -2.16. The molecule has 0 atom stereocenters.